The lowest BCUT2D eigenvalue weighted by Gasteiger charge is -2.28. The van der Waals surface area contributed by atoms with E-state index >= 15 is 0 Å². The molecular weight excluding hydrogens is 453 g/mol. The van der Waals surface area contributed by atoms with E-state index in [1.54, 1.807) is 11.0 Å². The van der Waals surface area contributed by atoms with Crippen molar-refractivity contribution >= 4 is 11.5 Å². The van der Waals surface area contributed by atoms with Gasteiger partial charge in [-0.3, -0.25) is 13.9 Å². The SMILES string of the molecule is Cn1c2c(c(=O)n(CCCO)c1=O)NC(c1cccc(OC(F)(F)F)c1)N2Cc1ccccc1. The second-order valence-electron chi connectivity index (χ2n) is 7.85. The Morgan fingerprint density at radius 3 is 2.50 bits per heavy atom. The monoisotopic (exact) mass is 476 g/mol. The number of alkyl halides is 3. The molecule has 34 heavy (non-hydrogen) atoms. The van der Waals surface area contributed by atoms with Gasteiger partial charge in [0.05, 0.1) is 0 Å². The van der Waals surface area contributed by atoms with Crippen LogP contribution in [0.5, 0.6) is 5.75 Å². The highest BCUT2D eigenvalue weighted by atomic mass is 19.4. The molecule has 2 heterocycles. The standard InChI is InChI=1S/C23H23F3N4O4/c1-28-20-18(21(32)29(22(28)33)11-6-12-31)27-19(30(20)14-15-7-3-2-4-8-15)16-9-5-10-17(13-16)34-23(24,25)26/h2-5,7-10,13,19,27,31H,6,11-12,14H2,1H3. The van der Waals surface area contributed by atoms with Crippen LogP contribution in [-0.4, -0.2) is 27.2 Å². The summed E-state index contributed by atoms with van der Waals surface area (Å²) in [6.45, 7) is 0.132. The summed E-state index contributed by atoms with van der Waals surface area (Å²) in [5, 5.41) is 12.2. The summed E-state index contributed by atoms with van der Waals surface area (Å²) >= 11 is 0. The number of halogens is 3. The fourth-order valence-electron chi connectivity index (χ4n) is 4.07. The summed E-state index contributed by atoms with van der Waals surface area (Å²) in [6, 6.07) is 14.8. The molecule has 1 atom stereocenters. The van der Waals surface area contributed by atoms with E-state index in [9.17, 15) is 22.8 Å². The average Bonchev–Trinajstić information content (AvgIpc) is 3.17. The van der Waals surface area contributed by atoms with Crippen LogP contribution in [0.1, 0.15) is 23.7 Å². The maximum Gasteiger partial charge on any atom is 0.573 e. The number of benzene rings is 2. The van der Waals surface area contributed by atoms with Gasteiger partial charge in [-0.15, -0.1) is 13.2 Å². The van der Waals surface area contributed by atoms with Crippen LogP contribution in [0.4, 0.5) is 24.7 Å². The molecule has 0 saturated carbocycles. The highest BCUT2D eigenvalue weighted by molar-refractivity contribution is 5.73. The molecule has 180 valence electrons. The highest BCUT2D eigenvalue weighted by Gasteiger charge is 2.36. The Bertz CT molecular complexity index is 1290. The molecule has 1 aliphatic rings. The second-order valence-corrected chi connectivity index (χ2v) is 7.85. The van der Waals surface area contributed by atoms with Gasteiger partial charge in [0.1, 0.15) is 23.4 Å². The second kappa shape index (κ2) is 9.26. The van der Waals surface area contributed by atoms with E-state index in [1.807, 2.05) is 30.3 Å². The number of hydrogen-bond acceptors (Lipinski definition) is 6. The number of anilines is 2. The quantitative estimate of drug-likeness (QED) is 0.545. The molecule has 11 heteroatoms. The van der Waals surface area contributed by atoms with Gasteiger partial charge in [-0.25, -0.2) is 4.79 Å². The first kappa shape index (κ1) is 23.4. The molecule has 0 aliphatic carbocycles. The molecule has 3 aromatic rings. The first-order valence-corrected chi connectivity index (χ1v) is 10.6. The summed E-state index contributed by atoms with van der Waals surface area (Å²) in [5.41, 5.74) is 0.342. The van der Waals surface area contributed by atoms with Gasteiger partial charge >= 0.3 is 12.1 Å². The van der Waals surface area contributed by atoms with Crippen LogP contribution in [-0.2, 0) is 20.1 Å². The molecule has 4 rings (SSSR count). The topological polar surface area (TPSA) is 88.7 Å². The van der Waals surface area contributed by atoms with Gasteiger partial charge in [-0.2, -0.15) is 0 Å². The van der Waals surface area contributed by atoms with Gasteiger partial charge in [0, 0.05) is 26.7 Å². The fraction of sp³-hybridized carbons (Fsp3) is 0.304. The highest BCUT2D eigenvalue weighted by Crippen LogP contribution is 2.40. The van der Waals surface area contributed by atoms with Crippen molar-refractivity contribution < 1.29 is 23.0 Å². The number of hydrogen-bond donors (Lipinski definition) is 2. The number of fused-ring (bicyclic) bond motifs is 1. The van der Waals surface area contributed by atoms with Crippen molar-refractivity contribution in [3.8, 4) is 5.75 Å². The van der Waals surface area contributed by atoms with Crippen molar-refractivity contribution in [2.75, 3.05) is 16.8 Å². The van der Waals surface area contributed by atoms with Gasteiger partial charge < -0.3 is 20.1 Å². The van der Waals surface area contributed by atoms with E-state index in [-0.39, 0.29) is 31.8 Å². The van der Waals surface area contributed by atoms with E-state index in [4.69, 9.17) is 5.11 Å². The summed E-state index contributed by atoms with van der Waals surface area (Å²) in [4.78, 5) is 27.9. The predicted molar refractivity (Wildman–Crippen MR) is 120 cm³/mol. The maximum absolute atomic E-state index is 13.2. The lowest BCUT2D eigenvalue weighted by Crippen LogP contribution is -2.40. The van der Waals surface area contributed by atoms with Gasteiger partial charge in [0.25, 0.3) is 5.56 Å². The molecule has 1 aromatic heterocycles. The maximum atomic E-state index is 13.2. The summed E-state index contributed by atoms with van der Waals surface area (Å²) in [6.07, 6.45) is -5.36. The predicted octanol–water partition coefficient (Wildman–Crippen LogP) is 2.96. The van der Waals surface area contributed by atoms with Gasteiger partial charge in [-0.05, 0) is 29.7 Å². The number of aromatic nitrogens is 2. The zero-order valence-corrected chi connectivity index (χ0v) is 18.2. The zero-order valence-electron chi connectivity index (χ0n) is 18.2. The smallest absolute Gasteiger partial charge is 0.406 e. The molecule has 2 N–H and O–H groups in total. The minimum atomic E-state index is -4.85. The summed E-state index contributed by atoms with van der Waals surface area (Å²) < 4.78 is 44.8. The van der Waals surface area contributed by atoms with Crippen molar-refractivity contribution in [2.45, 2.75) is 32.0 Å². The van der Waals surface area contributed by atoms with Crippen LogP contribution in [0.15, 0.2) is 64.2 Å². The number of aliphatic hydroxyl groups is 1. The van der Waals surface area contributed by atoms with Crippen LogP contribution in [0.3, 0.4) is 0 Å². The number of aliphatic hydroxyl groups excluding tert-OH is 1. The Labute approximate surface area is 192 Å². The molecule has 1 unspecified atom stereocenters. The first-order chi connectivity index (χ1) is 16.2. The molecule has 8 nitrogen and oxygen atoms in total. The van der Waals surface area contributed by atoms with Crippen molar-refractivity contribution in [1.82, 2.24) is 9.13 Å². The van der Waals surface area contributed by atoms with Gasteiger partial charge in [0.2, 0.25) is 0 Å². The van der Waals surface area contributed by atoms with Crippen molar-refractivity contribution in [3.05, 3.63) is 86.6 Å². The molecule has 0 amide bonds. The molecule has 2 aromatic carbocycles. The Kier molecular flexibility index (Phi) is 6.38. The van der Waals surface area contributed by atoms with E-state index in [2.05, 4.69) is 10.1 Å². The minimum Gasteiger partial charge on any atom is -0.406 e. The third kappa shape index (κ3) is 4.65. The number of nitrogens with one attached hydrogen (secondary N) is 1. The Morgan fingerprint density at radius 2 is 1.82 bits per heavy atom. The lowest BCUT2D eigenvalue weighted by molar-refractivity contribution is -0.274. The van der Waals surface area contributed by atoms with Gasteiger partial charge in [0.15, 0.2) is 0 Å². The molecule has 0 spiro atoms. The summed E-state index contributed by atoms with van der Waals surface area (Å²) in [7, 11) is 1.53. The van der Waals surface area contributed by atoms with E-state index in [0.29, 0.717) is 11.4 Å². The normalized spacial score (nSPS) is 15.2. The van der Waals surface area contributed by atoms with Crippen LogP contribution < -0.4 is 26.2 Å². The van der Waals surface area contributed by atoms with Crippen molar-refractivity contribution in [1.29, 1.82) is 0 Å². The Balaban J connectivity index is 1.82. The van der Waals surface area contributed by atoms with Crippen LogP contribution in [0.25, 0.3) is 0 Å². The average molecular weight is 476 g/mol. The number of rotatable bonds is 7. The van der Waals surface area contributed by atoms with Crippen LogP contribution >= 0.6 is 0 Å². The fourth-order valence-corrected chi connectivity index (χ4v) is 4.07. The zero-order chi connectivity index (χ0) is 24.5. The van der Waals surface area contributed by atoms with Crippen molar-refractivity contribution in [3.63, 3.8) is 0 Å². The molecule has 0 saturated heterocycles. The van der Waals surface area contributed by atoms with Gasteiger partial charge in [-0.1, -0.05) is 42.5 Å². The first-order valence-electron chi connectivity index (χ1n) is 10.6. The Morgan fingerprint density at radius 1 is 1.09 bits per heavy atom. The molecular formula is C23H23F3N4O4. The number of ether oxygens (including phenoxy) is 1. The third-order valence-electron chi connectivity index (χ3n) is 5.53. The Hall–Kier alpha value is -3.73. The van der Waals surface area contributed by atoms with E-state index in [1.165, 1.54) is 29.8 Å². The van der Waals surface area contributed by atoms with E-state index in [0.717, 1.165) is 10.1 Å². The molecule has 0 radical (unpaired) electrons. The third-order valence-corrected chi connectivity index (χ3v) is 5.53. The minimum absolute atomic E-state index is 0.0369. The summed E-state index contributed by atoms with van der Waals surface area (Å²) in [5.74, 6) is -0.0668. The van der Waals surface area contributed by atoms with Crippen LogP contribution in [0, 0.1) is 0 Å². The molecule has 0 fully saturated rings. The van der Waals surface area contributed by atoms with Crippen LogP contribution in [0.2, 0.25) is 0 Å². The largest absolute Gasteiger partial charge is 0.573 e. The number of nitrogens with zero attached hydrogens (tertiary/aromatic N) is 3. The lowest BCUT2D eigenvalue weighted by atomic mass is 10.1. The van der Waals surface area contributed by atoms with Crippen molar-refractivity contribution in [2.24, 2.45) is 7.05 Å². The molecule has 0 bridgehead atoms. The molecule has 1 aliphatic heterocycles. The van der Waals surface area contributed by atoms with E-state index < -0.39 is 29.5 Å².